The molecule has 0 heterocycles. The van der Waals surface area contributed by atoms with Crippen LogP contribution >= 0.6 is 0 Å². The van der Waals surface area contributed by atoms with Crippen molar-refractivity contribution in [2.45, 2.75) is 156 Å². The fourth-order valence-electron chi connectivity index (χ4n) is 4.25. The molecule has 0 N–H and O–H groups in total. The molecule has 192 valence electrons. The van der Waals surface area contributed by atoms with Crippen molar-refractivity contribution in [3.63, 3.8) is 0 Å². The zero-order valence-corrected chi connectivity index (χ0v) is 27.9. The van der Waals surface area contributed by atoms with Gasteiger partial charge in [0.25, 0.3) is 0 Å². The first-order chi connectivity index (χ1) is 14.9. The Balaban J connectivity index is 6.23. The van der Waals surface area contributed by atoms with Crippen LogP contribution < -0.4 is 0 Å². The van der Waals surface area contributed by atoms with Crippen molar-refractivity contribution in [2.24, 2.45) is 0 Å². The zero-order valence-electron chi connectivity index (χ0n) is 24.0. The molecule has 0 unspecified atom stereocenters. The third-order valence-electron chi connectivity index (χ3n) is 8.03. The fourth-order valence-corrected chi connectivity index (χ4v) is 19.9. The van der Waals surface area contributed by atoms with Crippen molar-refractivity contribution in [1.29, 1.82) is 0 Å². The average Bonchev–Trinajstić information content (AvgIpc) is 2.74. The molecule has 0 aromatic carbocycles. The van der Waals surface area contributed by atoms with E-state index < -0.39 is 26.7 Å². The molecular formula is C28H60O2SiSn. The van der Waals surface area contributed by atoms with E-state index in [4.69, 9.17) is 9.16 Å². The monoisotopic (exact) mass is 576 g/mol. The molecule has 0 spiro atoms. The average molecular weight is 576 g/mol. The van der Waals surface area contributed by atoms with Crippen molar-refractivity contribution in [1.82, 2.24) is 0 Å². The van der Waals surface area contributed by atoms with Crippen LogP contribution in [0, 0.1) is 0 Å². The first-order valence-corrected chi connectivity index (χ1v) is 24.4. The Kier molecular flexibility index (Phi) is 16.0. The van der Waals surface area contributed by atoms with Gasteiger partial charge in [0.1, 0.15) is 0 Å². The van der Waals surface area contributed by atoms with Crippen molar-refractivity contribution < 1.29 is 9.16 Å². The Labute approximate surface area is 208 Å². The van der Waals surface area contributed by atoms with Crippen LogP contribution in [0.2, 0.25) is 31.4 Å². The minimum atomic E-state index is -2.37. The van der Waals surface area contributed by atoms with E-state index in [1.54, 1.807) is 0 Å². The van der Waals surface area contributed by atoms with Gasteiger partial charge in [-0.25, -0.2) is 0 Å². The molecule has 0 aliphatic rings. The van der Waals surface area contributed by atoms with Crippen LogP contribution in [0.5, 0.6) is 0 Å². The Morgan fingerprint density at radius 2 is 1.22 bits per heavy atom. The second-order valence-electron chi connectivity index (χ2n) is 12.0. The molecule has 0 aromatic rings. The Hall–Kier alpha value is 0.676. The zero-order chi connectivity index (χ0) is 24.9. The van der Waals surface area contributed by atoms with E-state index in [0.29, 0.717) is 0 Å². The minimum absolute atomic E-state index is 0.0564. The number of ether oxygens (including phenoxy) is 1. The number of rotatable bonds is 18. The van der Waals surface area contributed by atoms with E-state index >= 15 is 0 Å². The van der Waals surface area contributed by atoms with Crippen LogP contribution in [0.15, 0.2) is 10.2 Å². The second kappa shape index (κ2) is 15.6. The number of hydrogen-bond donors (Lipinski definition) is 0. The summed E-state index contributed by atoms with van der Waals surface area (Å²) >= 11 is -2.37. The molecule has 0 rings (SSSR count). The van der Waals surface area contributed by atoms with Gasteiger partial charge in [-0.05, 0) is 0 Å². The quantitative estimate of drug-likeness (QED) is 0.152. The van der Waals surface area contributed by atoms with E-state index in [2.05, 4.69) is 78.7 Å². The summed E-state index contributed by atoms with van der Waals surface area (Å²) in [4.78, 5) is 0. The normalized spacial score (nSPS) is 16.5. The topological polar surface area (TPSA) is 18.5 Å². The predicted octanol–water partition coefficient (Wildman–Crippen LogP) is 9.92. The molecule has 2 atom stereocenters. The van der Waals surface area contributed by atoms with E-state index in [9.17, 15) is 0 Å². The van der Waals surface area contributed by atoms with Gasteiger partial charge in [-0.3, -0.25) is 0 Å². The van der Waals surface area contributed by atoms with Crippen LogP contribution in [-0.4, -0.2) is 45.5 Å². The summed E-state index contributed by atoms with van der Waals surface area (Å²) in [5.41, 5.74) is -0.250. The summed E-state index contributed by atoms with van der Waals surface area (Å²) in [6.45, 7) is 23.5. The molecule has 0 amide bonds. The summed E-state index contributed by atoms with van der Waals surface area (Å²) in [5, 5.41) is 0.200. The predicted molar refractivity (Wildman–Crippen MR) is 151 cm³/mol. The number of unbranched alkanes of at least 4 members (excludes halogenated alkanes) is 4. The fraction of sp³-hybridized carbons (Fsp3) is 0.929. The molecule has 0 aliphatic carbocycles. The van der Waals surface area contributed by atoms with Crippen LogP contribution in [0.1, 0.15) is 113 Å². The van der Waals surface area contributed by atoms with Crippen LogP contribution in [0.4, 0.5) is 0 Å². The molecule has 0 aromatic heterocycles. The third-order valence-corrected chi connectivity index (χ3v) is 26.6. The Bertz CT molecular complexity index is 490. The number of hydrogen-bond acceptors (Lipinski definition) is 2. The van der Waals surface area contributed by atoms with Crippen LogP contribution in [-0.2, 0) is 9.16 Å². The van der Waals surface area contributed by atoms with Gasteiger partial charge in [0.15, 0.2) is 0 Å². The van der Waals surface area contributed by atoms with Gasteiger partial charge in [0, 0.05) is 0 Å². The molecule has 0 saturated heterocycles. The first kappa shape index (κ1) is 32.7. The van der Waals surface area contributed by atoms with Crippen LogP contribution in [0.3, 0.4) is 0 Å². The number of methoxy groups -OCH3 is 1. The molecule has 32 heavy (non-hydrogen) atoms. The molecule has 0 bridgehead atoms. The molecule has 0 fully saturated rings. The summed E-state index contributed by atoms with van der Waals surface area (Å²) in [5.74, 6) is 0. The van der Waals surface area contributed by atoms with Gasteiger partial charge < -0.3 is 0 Å². The Morgan fingerprint density at radius 1 is 0.781 bits per heavy atom. The van der Waals surface area contributed by atoms with Gasteiger partial charge in [0.2, 0.25) is 0 Å². The van der Waals surface area contributed by atoms with Gasteiger partial charge in [0.05, 0.1) is 0 Å². The van der Waals surface area contributed by atoms with Crippen molar-refractivity contribution in [2.75, 3.05) is 7.11 Å². The second-order valence-corrected chi connectivity index (χ2v) is 29.7. The maximum atomic E-state index is 7.12. The molecule has 0 aliphatic heterocycles. The van der Waals surface area contributed by atoms with E-state index in [1.807, 2.05) is 7.11 Å². The van der Waals surface area contributed by atoms with E-state index in [-0.39, 0.29) is 16.7 Å². The van der Waals surface area contributed by atoms with Crippen molar-refractivity contribution in [3.8, 4) is 0 Å². The van der Waals surface area contributed by atoms with E-state index in [0.717, 1.165) is 6.42 Å². The molecule has 0 radical (unpaired) electrons. The van der Waals surface area contributed by atoms with Crippen molar-refractivity contribution in [3.05, 3.63) is 10.2 Å². The summed E-state index contributed by atoms with van der Waals surface area (Å²) in [6.07, 6.45) is 14.2. The summed E-state index contributed by atoms with van der Waals surface area (Å²) in [6, 6.07) is 0. The summed E-state index contributed by atoms with van der Waals surface area (Å²) < 4.78 is 20.7. The molecule has 2 nitrogen and oxygen atoms in total. The molecular weight excluding hydrogens is 515 g/mol. The van der Waals surface area contributed by atoms with Gasteiger partial charge in [-0.2, -0.15) is 0 Å². The van der Waals surface area contributed by atoms with Gasteiger partial charge in [-0.15, -0.1) is 0 Å². The SMILES string of the molecule is CCCC[C@@](C)(OC)[C@@H](/C=[CH]/[Sn]([CH2]CCC)([CH2]CCC)[CH2]CCC)O[Si](C)(C)C(C)(C)C. The van der Waals surface area contributed by atoms with Gasteiger partial charge in [-0.1, -0.05) is 0 Å². The Morgan fingerprint density at radius 3 is 1.56 bits per heavy atom. The van der Waals surface area contributed by atoms with E-state index in [1.165, 1.54) is 64.7 Å². The first-order valence-electron chi connectivity index (χ1n) is 13.8. The standard InChI is InChI=1S/C16H33O2Si.3C4H9.Sn/c1-10-12-13-16(6,17-7)14(11-2)18-19(8,9)15(3,4)5;3*1-3-4-2;/h2,11,14H,10,12-13H2,1,3-9H3;3*1,3-4H2,2H3;/t14-,16-;;;;/m1..../s1. The maximum absolute atomic E-state index is 7.12. The third kappa shape index (κ3) is 10.9. The summed E-state index contributed by atoms with van der Waals surface area (Å²) in [7, 11) is -0.0175. The molecule has 4 heteroatoms. The van der Waals surface area contributed by atoms with Crippen molar-refractivity contribution >= 4 is 26.7 Å². The molecule has 0 saturated carbocycles. The van der Waals surface area contributed by atoms with Gasteiger partial charge >= 0.3 is 209 Å². The van der Waals surface area contributed by atoms with Crippen LogP contribution in [0.25, 0.3) is 0 Å².